The summed E-state index contributed by atoms with van der Waals surface area (Å²) < 4.78 is 12.1. The minimum atomic E-state index is -0.621. The number of benzene rings is 1. The molecule has 1 aromatic rings. The predicted molar refractivity (Wildman–Crippen MR) is 96.2 cm³/mol. The van der Waals surface area contributed by atoms with E-state index in [0.717, 1.165) is 0 Å². The molecule has 1 aliphatic heterocycles. The molecule has 0 spiro atoms. The number of hydrogen-bond donors (Lipinski definition) is 2. The zero-order valence-electron chi connectivity index (χ0n) is 15.3. The van der Waals surface area contributed by atoms with Crippen LogP contribution in [-0.4, -0.2) is 42.2 Å². The Hall–Kier alpha value is -2.12. The lowest BCUT2D eigenvalue weighted by Gasteiger charge is -2.32. The standard InChI is InChI=1S/C18H24BNO5/c1-12(22)20-10-15(19-24-17(2,3)18(4,5)25-19)8-13-6-7-14(11-21)16(23)9-13/h6-9,11,23H,10H2,1-5H3,(H,20,22). The Balaban J connectivity index is 2.34. The molecule has 1 amide bonds. The van der Waals surface area contributed by atoms with Crippen LogP contribution in [0.4, 0.5) is 0 Å². The van der Waals surface area contributed by atoms with E-state index in [1.165, 1.54) is 19.1 Å². The molecule has 1 fully saturated rings. The lowest BCUT2D eigenvalue weighted by Crippen LogP contribution is -2.41. The van der Waals surface area contributed by atoms with Gasteiger partial charge in [-0.1, -0.05) is 12.1 Å². The van der Waals surface area contributed by atoms with E-state index in [9.17, 15) is 14.7 Å². The minimum absolute atomic E-state index is 0.100. The summed E-state index contributed by atoms with van der Waals surface area (Å²) >= 11 is 0. The predicted octanol–water partition coefficient (Wildman–Crippen LogP) is 2.36. The van der Waals surface area contributed by atoms with Gasteiger partial charge < -0.3 is 19.7 Å². The Morgan fingerprint density at radius 3 is 2.32 bits per heavy atom. The van der Waals surface area contributed by atoms with E-state index in [2.05, 4.69) is 5.32 Å². The Morgan fingerprint density at radius 1 is 1.24 bits per heavy atom. The molecule has 0 aliphatic carbocycles. The second-order valence-corrected chi connectivity index (χ2v) is 7.15. The quantitative estimate of drug-likeness (QED) is 0.632. The summed E-state index contributed by atoms with van der Waals surface area (Å²) in [5.41, 5.74) is 0.606. The summed E-state index contributed by atoms with van der Waals surface area (Å²) in [6.07, 6.45) is 2.38. The number of hydrogen-bond acceptors (Lipinski definition) is 5. The van der Waals surface area contributed by atoms with Crippen molar-refractivity contribution in [2.75, 3.05) is 6.54 Å². The first-order valence-electron chi connectivity index (χ1n) is 8.14. The smallest absolute Gasteiger partial charge is 0.492 e. The molecular weight excluding hydrogens is 321 g/mol. The summed E-state index contributed by atoms with van der Waals surface area (Å²) in [6.45, 7) is 9.50. The third kappa shape index (κ3) is 4.30. The van der Waals surface area contributed by atoms with Gasteiger partial charge >= 0.3 is 7.12 Å². The molecule has 0 atom stereocenters. The number of phenols is 1. The SMILES string of the molecule is CC(=O)NCC(=Cc1ccc(C=O)c(O)c1)B1OC(C)(C)C(C)(C)O1. The molecule has 6 nitrogen and oxygen atoms in total. The van der Waals surface area contributed by atoms with Crippen LogP contribution in [0.2, 0.25) is 0 Å². The van der Waals surface area contributed by atoms with Crippen molar-refractivity contribution in [1.29, 1.82) is 0 Å². The van der Waals surface area contributed by atoms with E-state index in [-0.39, 0.29) is 23.8 Å². The zero-order valence-corrected chi connectivity index (χ0v) is 15.3. The summed E-state index contributed by atoms with van der Waals surface area (Å²) in [5.74, 6) is -0.266. The van der Waals surface area contributed by atoms with Crippen LogP contribution in [0.25, 0.3) is 6.08 Å². The van der Waals surface area contributed by atoms with Crippen molar-refractivity contribution in [3.63, 3.8) is 0 Å². The molecule has 1 aromatic carbocycles. The highest BCUT2D eigenvalue weighted by molar-refractivity contribution is 6.56. The monoisotopic (exact) mass is 345 g/mol. The van der Waals surface area contributed by atoms with Gasteiger partial charge in [0.25, 0.3) is 0 Å². The highest BCUT2D eigenvalue weighted by Crippen LogP contribution is 2.38. The molecule has 25 heavy (non-hydrogen) atoms. The zero-order chi connectivity index (χ0) is 18.8. The van der Waals surface area contributed by atoms with Crippen molar-refractivity contribution in [3.8, 4) is 5.75 Å². The van der Waals surface area contributed by atoms with Gasteiger partial charge in [0.1, 0.15) is 5.75 Å². The van der Waals surface area contributed by atoms with Gasteiger partial charge in [0, 0.05) is 13.5 Å². The van der Waals surface area contributed by atoms with Crippen molar-refractivity contribution >= 4 is 25.4 Å². The van der Waals surface area contributed by atoms with Crippen LogP contribution < -0.4 is 5.32 Å². The average Bonchev–Trinajstić information content (AvgIpc) is 2.71. The fourth-order valence-corrected chi connectivity index (χ4v) is 2.39. The van der Waals surface area contributed by atoms with Crippen molar-refractivity contribution in [3.05, 3.63) is 34.8 Å². The van der Waals surface area contributed by atoms with Gasteiger partial charge in [-0.15, -0.1) is 0 Å². The molecule has 0 radical (unpaired) electrons. The number of carbonyl (C=O) groups is 2. The van der Waals surface area contributed by atoms with Gasteiger partial charge in [-0.2, -0.15) is 0 Å². The average molecular weight is 345 g/mol. The molecule has 2 rings (SSSR count). The fourth-order valence-electron chi connectivity index (χ4n) is 2.39. The molecule has 1 heterocycles. The Morgan fingerprint density at radius 2 is 1.84 bits per heavy atom. The summed E-state index contributed by atoms with van der Waals surface area (Å²) in [5, 5.41) is 12.6. The van der Waals surface area contributed by atoms with Crippen molar-refractivity contribution < 1.29 is 24.0 Å². The lowest BCUT2D eigenvalue weighted by atomic mass is 9.77. The van der Waals surface area contributed by atoms with Gasteiger partial charge in [0.15, 0.2) is 6.29 Å². The van der Waals surface area contributed by atoms with Crippen LogP contribution in [0, 0.1) is 0 Å². The molecular formula is C18H24BNO5. The molecule has 0 aromatic heterocycles. The third-order valence-electron chi connectivity index (χ3n) is 4.63. The molecule has 134 valence electrons. The van der Waals surface area contributed by atoms with Gasteiger partial charge in [-0.05, 0) is 50.9 Å². The van der Waals surface area contributed by atoms with Crippen LogP contribution in [-0.2, 0) is 14.1 Å². The molecule has 1 saturated heterocycles. The summed E-state index contributed by atoms with van der Waals surface area (Å²) in [4.78, 5) is 22.1. The second kappa shape index (κ2) is 7.02. The Bertz CT molecular complexity index is 695. The van der Waals surface area contributed by atoms with Crippen LogP contribution in [0.15, 0.2) is 23.7 Å². The first kappa shape index (κ1) is 19.2. The van der Waals surface area contributed by atoms with E-state index in [4.69, 9.17) is 9.31 Å². The third-order valence-corrected chi connectivity index (χ3v) is 4.63. The number of aldehydes is 1. The first-order chi connectivity index (χ1) is 11.6. The van der Waals surface area contributed by atoms with Crippen LogP contribution in [0.5, 0.6) is 5.75 Å². The molecule has 2 N–H and O–H groups in total. The highest BCUT2D eigenvalue weighted by Gasteiger charge is 2.52. The van der Waals surface area contributed by atoms with Gasteiger partial charge in [0.05, 0.1) is 16.8 Å². The number of nitrogens with one attached hydrogen (secondary N) is 1. The highest BCUT2D eigenvalue weighted by atomic mass is 16.7. The maximum absolute atomic E-state index is 11.3. The number of carbonyl (C=O) groups excluding carboxylic acids is 2. The Kier molecular flexibility index (Phi) is 5.39. The van der Waals surface area contributed by atoms with E-state index in [1.54, 1.807) is 12.1 Å². The van der Waals surface area contributed by atoms with E-state index in [1.807, 2.05) is 27.7 Å². The number of aromatic hydroxyl groups is 1. The normalized spacial score (nSPS) is 18.9. The van der Waals surface area contributed by atoms with Crippen molar-refractivity contribution in [1.82, 2.24) is 5.32 Å². The molecule has 0 saturated carbocycles. The first-order valence-corrected chi connectivity index (χ1v) is 8.14. The van der Waals surface area contributed by atoms with Crippen LogP contribution >= 0.6 is 0 Å². The Labute approximate surface area is 148 Å². The fraction of sp³-hybridized carbons (Fsp3) is 0.444. The largest absolute Gasteiger partial charge is 0.507 e. The van der Waals surface area contributed by atoms with Crippen molar-refractivity contribution in [2.24, 2.45) is 0 Å². The van der Waals surface area contributed by atoms with Gasteiger partial charge in [-0.3, -0.25) is 9.59 Å². The molecule has 0 bridgehead atoms. The second-order valence-electron chi connectivity index (χ2n) is 7.15. The molecule has 7 heteroatoms. The summed E-state index contributed by atoms with van der Waals surface area (Å²) in [6, 6.07) is 4.74. The van der Waals surface area contributed by atoms with Gasteiger partial charge in [0.2, 0.25) is 5.91 Å². The van der Waals surface area contributed by atoms with E-state index >= 15 is 0 Å². The maximum Gasteiger partial charge on any atom is 0.492 e. The molecule has 1 aliphatic rings. The molecule has 0 unspecified atom stereocenters. The maximum atomic E-state index is 11.3. The number of amides is 1. The van der Waals surface area contributed by atoms with E-state index < -0.39 is 18.3 Å². The van der Waals surface area contributed by atoms with Crippen LogP contribution in [0.1, 0.15) is 50.5 Å². The van der Waals surface area contributed by atoms with Gasteiger partial charge in [-0.25, -0.2) is 0 Å². The topological polar surface area (TPSA) is 84.9 Å². The van der Waals surface area contributed by atoms with E-state index in [0.29, 0.717) is 17.3 Å². The van der Waals surface area contributed by atoms with Crippen LogP contribution in [0.3, 0.4) is 0 Å². The number of rotatable bonds is 5. The van der Waals surface area contributed by atoms with Crippen molar-refractivity contribution in [2.45, 2.75) is 45.8 Å². The number of phenolic OH excluding ortho intramolecular Hbond substituents is 1. The minimum Gasteiger partial charge on any atom is -0.507 e. The lowest BCUT2D eigenvalue weighted by molar-refractivity contribution is -0.118. The summed E-state index contributed by atoms with van der Waals surface area (Å²) in [7, 11) is -0.621.